The van der Waals surface area contributed by atoms with Crippen LogP contribution in [0.4, 0.5) is 0 Å². The van der Waals surface area contributed by atoms with Gasteiger partial charge < -0.3 is 13.9 Å². The molecule has 0 aliphatic rings. The van der Waals surface area contributed by atoms with E-state index in [4.69, 9.17) is 25.5 Å². The van der Waals surface area contributed by atoms with Crippen LogP contribution in [0.1, 0.15) is 17.0 Å². The smallest absolute Gasteiger partial charge is 0.339 e. The molecule has 0 amide bonds. The molecule has 0 bridgehead atoms. The van der Waals surface area contributed by atoms with Crippen molar-refractivity contribution in [1.82, 2.24) is 10.2 Å². The highest BCUT2D eigenvalue weighted by molar-refractivity contribution is 6.30. The van der Waals surface area contributed by atoms with Crippen molar-refractivity contribution in [3.05, 3.63) is 101 Å². The average molecular weight is 447 g/mol. The van der Waals surface area contributed by atoms with Gasteiger partial charge in [-0.25, -0.2) is 4.79 Å². The minimum Gasteiger partial charge on any atom is -0.497 e. The Labute approximate surface area is 190 Å². The van der Waals surface area contributed by atoms with Gasteiger partial charge in [0.2, 0.25) is 5.89 Å². The van der Waals surface area contributed by atoms with Crippen molar-refractivity contribution in [2.24, 2.45) is 0 Å². The zero-order chi connectivity index (χ0) is 22.3. The minimum atomic E-state index is -0.509. The van der Waals surface area contributed by atoms with Gasteiger partial charge in [-0.05, 0) is 53.6 Å². The Bertz CT molecular complexity index is 1230. The maximum absolute atomic E-state index is 13.0. The Balaban J connectivity index is 1.53. The van der Waals surface area contributed by atoms with Crippen LogP contribution in [0.25, 0.3) is 23.1 Å². The number of aromatic nitrogens is 2. The molecule has 0 saturated carbocycles. The number of rotatable bonds is 7. The third-order valence-corrected chi connectivity index (χ3v) is 4.85. The maximum Gasteiger partial charge on any atom is 0.339 e. The molecule has 6 nitrogen and oxygen atoms in total. The predicted molar refractivity (Wildman–Crippen MR) is 122 cm³/mol. The molecule has 0 unspecified atom stereocenters. The zero-order valence-corrected chi connectivity index (χ0v) is 18.0. The third-order valence-electron chi connectivity index (χ3n) is 4.59. The van der Waals surface area contributed by atoms with Crippen LogP contribution in [0, 0.1) is 0 Å². The fourth-order valence-corrected chi connectivity index (χ4v) is 3.13. The number of halogens is 1. The first kappa shape index (κ1) is 21.3. The van der Waals surface area contributed by atoms with Gasteiger partial charge in [0.25, 0.3) is 5.89 Å². The molecule has 7 heteroatoms. The summed E-state index contributed by atoms with van der Waals surface area (Å²) in [5.74, 6) is 0.699. The lowest BCUT2D eigenvalue weighted by molar-refractivity contribution is -0.138. The van der Waals surface area contributed by atoms with E-state index in [9.17, 15) is 4.79 Å². The average Bonchev–Trinajstić information content (AvgIpc) is 3.31. The summed E-state index contributed by atoms with van der Waals surface area (Å²) in [5.41, 5.74) is 2.66. The number of hydrogen-bond acceptors (Lipinski definition) is 6. The number of esters is 1. The van der Waals surface area contributed by atoms with Gasteiger partial charge in [-0.2, -0.15) is 0 Å². The Hall–Kier alpha value is -3.90. The van der Waals surface area contributed by atoms with E-state index in [1.165, 1.54) is 0 Å². The van der Waals surface area contributed by atoms with Gasteiger partial charge in [-0.15, -0.1) is 10.2 Å². The molecular formula is C25H19ClN2O4. The van der Waals surface area contributed by atoms with E-state index in [0.717, 1.165) is 16.7 Å². The topological polar surface area (TPSA) is 74.5 Å². The van der Waals surface area contributed by atoms with Gasteiger partial charge in [0.1, 0.15) is 5.75 Å². The van der Waals surface area contributed by atoms with Crippen molar-refractivity contribution in [3.63, 3.8) is 0 Å². The maximum atomic E-state index is 13.0. The van der Waals surface area contributed by atoms with Gasteiger partial charge in [0.05, 0.1) is 12.7 Å². The summed E-state index contributed by atoms with van der Waals surface area (Å²) >= 11 is 5.91. The molecule has 0 saturated heterocycles. The first-order valence-electron chi connectivity index (χ1n) is 9.79. The molecule has 0 spiro atoms. The monoisotopic (exact) mass is 446 g/mol. The molecule has 32 heavy (non-hydrogen) atoms. The van der Waals surface area contributed by atoms with Gasteiger partial charge in [0, 0.05) is 10.6 Å². The number of ether oxygens (including phenoxy) is 2. The summed E-state index contributed by atoms with van der Waals surface area (Å²) in [4.78, 5) is 13.0. The molecule has 4 aromatic rings. The highest BCUT2D eigenvalue weighted by Crippen LogP contribution is 2.24. The van der Waals surface area contributed by atoms with Crippen molar-refractivity contribution >= 4 is 29.2 Å². The molecule has 0 fully saturated rings. The highest BCUT2D eigenvalue weighted by Gasteiger charge is 2.16. The lowest BCUT2D eigenvalue weighted by Crippen LogP contribution is -2.07. The van der Waals surface area contributed by atoms with Crippen LogP contribution in [0.5, 0.6) is 5.75 Å². The Morgan fingerprint density at radius 3 is 2.53 bits per heavy atom. The van der Waals surface area contributed by atoms with Crippen LogP contribution in [0.3, 0.4) is 0 Å². The second-order valence-electron chi connectivity index (χ2n) is 6.78. The standard InChI is InChI=1S/C25H19ClN2O4/c1-30-21-9-5-6-17(14-21)15-22(18-7-3-2-4-8-18)25(29)31-16-23-27-28-24(32-23)19-10-12-20(26)13-11-19/h2-15H,16H2,1H3/b22-15+. The number of hydrogen-bond donors (Lipinski definition) is 0. The summed E-state index contributed by atoms with van der Waals surface area (Å²) in [6.45, 7) is -0.151. The van der Waals surface area contributed by atoms with Gasteiger partial charge in [0.15, 0.2) is 6.61 Å². The number of carbonyl (C=O) groups excluding carboxylic acids is 1. The van der Waals surface area contributed by atoms with Crippen LogP contribution in [-0.2, 0) is 16.1 Å². The van der Waals surface area contributed by atoms with Crippen LogP contribution in [0.2, 0.25) is 5.02 Å². The van der Waals surface area contributed by atoms with E-state index in [1.807, 2.05) is 54.6 Å². The summed E-state index contributed by atoms with van der Waals surface area (Å²) in [6, 6.07) is 23.7. The van der Waals surface area contributed by atoms with Crippen LogP contribution >= 0.6 is 11.6 Å². The molecule has 160 valence electrons. The van der Waals surface area contributed by atoms with E-state index in [0.29, 0.717) is 22.2 Å². The molecule has 0 aliphatic carbocycles. The Morgan fingerprint density at radius 1 is 1.00 bits per heavy atom. The highest BCUT2D eigenvalue weighted by atomic mass is 35.5. The lowest BCUT2D eigenvalue weighted by Gasteiger charge is -2.08. The van der Waals surface area contributed by atoms with E-state index in [2.05, 4.69) is 10.2 Å². The Morgan fingerprint density at radius 2 is 1.78 bits per heavy atom. The number of methoxy groups -OCH3 is 1. The fourth-order valence-electron chi connectivity index (χ4n) is 3.00. The quantitative estimate of drug-likeness (QED) is 0.206. The molecule has 0 aliphatic heterocycles. The van der Waals surface area contributed by atoms with Crippen LogP contribution in [-0.4, -0.2) is 23.3 Å². The lowest BCUT2D eigenvalue weighted by atomic mass is 10.0. The fraction of sp³-hybridized carbons (Fsp3) is 0.0800. The van der Waals surface area contributed by atoms with Crippen molar-refractivity contribution in [2.45, 2.75) is 6.61 Å². The van der Waals surface area contributed by atoms with Gasteiger partial charge in [-0.3, -0.25) is 0 Å². The van der Waals surface area contributed by atoms with Crippen molar-refractivity contribution < 1.29 is 18.7 Å². The predicted octanol–water partition coefficient (Wildman–Crippen LogP) is 5.68. The molecule has 1 heterocycles. The van der Waals surface area contributed by atoms with E-state index in [1.54, 1.807) is 37.5 Å². The second-order valence-corrected chi connectivity index (χ2v) is 7.22. The molecule has 1 aromatic heterocycles. The first-order chi connectivity index (χ1) is 15.6. The summed E-state index contributed by atoms with van der Waals surface area (Å²) in [7, 11) is 1.60. The molecule has 0 N–H and O–H groups in total. The summed E-state index contributed by atoms with van der Waals surface area (Å²) < 4.78 is 16.4. The summed E-state index contributed by atoms with van der Waals surface area (Å²) in [5, 5.41) is 8.58. The van der Waals surface area contributed by atoms with Crippen molar-refractivity contribution in [3.8, 4) is 17.2 Å². The van der Waals surface area contributed by atoms with Crippen LogP contribution < -0.4 is 4.74 Å². The van der Waals surface area contributed by atoms with Crippen molar-refractivity contribution in [1.29, 1.82) is 0 Å². The Kier molecular flexibility index (Phi) is 6.63. The molecule has 0 atom stereocenters. The van der Waals surface area contributed by atoms with Gasteiger partial charge >= 0.3 is 5.97 Å². The molecule has 3 aromatic carbocycles. The summed E-state index contributed by atoms with van der Waals surface area (Å²) in [6.07, 6.45) is 1.76. The van der Waals surface area contributed by atoms with Crippen molar-refractivity contribution in [2.75, 3.05) is 7.11 Å². The van der Waals surface area contributed by atoms with E-state index >= 15 is 0 Å². The zero-order valence-electron chi connectivity index (χ0n) is 17.2. The minimum absolute atomic E-state index is 0.151. The molecular weight excluding hydrogens is 428 g/mol. The number of carbonyl (C=O) groups is 1. The number of nitrogens with zero attached hydrogens (tertiary/aromatic N) is 2. The van der Waals surface area contributed by atoms with Gasteiger partial charge in [-0.1, -0.05) is 54.1 Å². The van der Waals surface area contributed by atoms with Crippen LogP contribution in [0.15, 0.2) is 83.3 Å². The second kappa shape index (κ2) is 9.94. The molecule has 0 radical (unpaired) electrons. The first-order valence-corrected chi connectivity index (χ1v) is 10.2. The largest absolute Gasteiger partial charge is 0.497 e. The normalized spacial score (nSPS) is 11.2. The van der Waals surface area contributed by atoms with E-state index < -0.39 is 5.97 Å². The SMILES string of the molecule is COc1cccc(/C=C(/C(=O)OCc2nnc(-c3ccc(Cl)cc3)o2)c2ccccc2)c1. The van der Waals surface area contributed by atoms with E-state index in [-0.39, 0.29) is 12.5 Å². The third kappa shape index (κ3) is 5.22. The number of benzene rings is 3. The molecule has 4 rings (SSSR count).